The molecule has 0 bridgehead atoms. The molecule has 0 spiro atoms. The lowest BCUT2D eigenvalue weighted by molar-refractivity contribution is 0.715. The van der Waals surface area contributed by atoms with Crippen molar-refractivity contribution in [3.63, 3.8) is 0 Å². The number of nitrogens with one attached hydrogen (secondary N) is 2. The average molecular weight is 302 g/mol. The van der Waals surface area contributed by atoms with E-state index < -0.39 is 0 Å². The number of benzene rings is 2. The minimum atomic E-state index is 0.179. The highest BCUT2D eigenvalue weighted by Crippen LogP contribution is 2.28. The molecule has 2 N–H and O–H groups in total. The lowest BCUT2D eigenvalue weighted by Gasteiger charge is -2.19. The summed E-state index contributed by atoms with van der Waals surface area (Å²) in [6.45, 7) is 0.850. The summed E-state index contributed by atoms with van der Waals surface area (Å²) in [5.74, 6) is 0. The van der Waals surface area contributed by atoms with Gasteiger partial charge in [0, 0.05) is 6.54 Å². The van der Waals surface area contributed by atoms with Crippen LogP contribution in [0.25, 0.3) is 5.57 Å². The molecule has 0 saturated heterocycles. The Morgan fingerprint density at radius 1 is 1.04 bits per heavy atom. The molecule has 116 valence electrons. The Morgan fingerprint density at radius 3 is 2.35 bits per heavy atom. The molecule has 1 atom stereocenters. The molecule has 0 radical (unpaired) electrons. The van der Waals surface area contributed by atoms with Gasteiger partial charge in [0.15, 0.2) is 0 Å². The third kappa shape index (κ3) is 3.79. The van der Waals surface area contributed by atoms with Gasteiger partial charge in [-0.15, -0.1) is 0 Å². The third-order valence-electron chi connectivity index (χ3n) is 4.04. The number of hydrogen-bond donors (Lipinski definition) is 2. The highest BCUT2D eigenvalue weighted by molar-refractivity contribution is 5.80. The molecule has 2 aromatic rings. The van der Waals surface area contributed by atoms with Crippen molar-refractivity contribution in [3.8, 4) is 0 Å². The van der Waals surface area contributed by atoms with Crippen molar-refractivity contribution in [1.82, 2.24) is 10.6 Å². The molecule has 2 nitrogen and oxygen atoms in total. The zero-order valence-electron chi connectivity index (χ0n) is 13.4. The first kappa shape index (κ1) is 15.3. The van der Waals surface area contributed by atoms with Crippen LogP contribution in [-0.4, -0.2) is 13.6 Å². The van der Waals surface area contributed by atoms with Crippen molar-refractivity contribution in [1.29, 1.82) is 0 Å². The lowest BCUT2D eigenvalue weighted by Crippen LogP contribution is -2.17. The summed E-state index contributed by atoms with van der Waals surface area (Å²) in [4.78, 5) is 0. The van der Waals surface area contributed by atoms with Gasteiger partial charge in [-0.05, 0) is 41.6 Å². The van der Waals surface area contributed by atoms with Gasteiger partial charge >= 0.3 is 0 Å². The molecule has 0 fully saturated rings. The van der Waals surface area contributed by atoms with E-state index in [0.29, 0.717) is 0 Å². The van der Waals surface area contributed by atoms with E-state index >= 15 is 0 Å². The Bertz CT molecular complexity index is 712. The Balaban J connectivity index is 2.03. The van der Waals surface area contributed by atoms with Crippen molar-refractivity contribution < 1.29 is 0 Å². The van der Waals surface area contributed by atoms with Crippen LogP contribution < -0.4 is 10.6 Å². The number of allylic oxidation sites excluding steroid dienone is 2. The van der Waals surface area contributed by atoms with Gasteiger partial charge < -0.3 is 10.6 Å². The molecule has 3 rings (SSSR count). The highest BCUT2D eigenvalue weighted by atomic mass is 14.9. The molecular formula is C21H22N2. The maximum Gasteiger partial charge on any atom is 0.0512 e. The van der Waals surface area contributed by atoms with Crippen LogP contribution >= 0.6 is 0 Å². The van der Waals surface area contributed by atoms with E-state index in [0.717, 1.165) is 6.54 Å². The predicted octanol–water partition coefficient (Wildman–Crippen LogP) is 4.07. The molecule has 2 aromatic carbocycles. The first-order valence-corrected chi connectivity index (χ1v) is 7.97. The molecule has 0 aliphatic carbocycles. The first-order valence-electron chi connectivity index (χ1n) is 7.97. The summed E-state index contributed by atoms with van der Waals surface area (Å²) in [6.07, 6.45) is 8.55. The van der Waals surface area contributed by atoms with Crippen molar-refractivity contribution in [2.45, 2.75) is 6.04 Å². The quantitative estimate of drug-likeness (QED) is 0.870. The number of likely N-dealkylation sites (N-methyl/N-ethyl adjacent to an activating group) is 1. The zero-order valence-corrected chi connectivity index (χ0v) is 13.4. The number of hydrogen-bond acceptors (Lipinski definition) is 2. The van der Waals surface area contributed by atoms with E-state index in [4.69, 9.17) is 0 Å². The largest absolute Gasteiger partial charge is 0.387 e. The topological polar surface area (TPSA) is 24.1 Å². The van der Waals surface area contributed by atoms with Crippen molar-refractivity contribution >= 4 is 5.57 Å². The van der Waals surface area contributed by atoms with E-state index in [1.165, 1.54) is 22.3 Å². The summed E-state index contributed by atoms with van der Waals surface area (Å²) >= 11 is 0. The Hall–Kier alpha value is -2.58. The molecule has 0 amide bonds. The highest BCUT2D eigenvalue weighted by Gasteiger charge is 2.13. The third-order valence-corrected chi connectivity index (χ3v) is 4.04. The summed E-state index contributed by atoms with van der Waals surface area (Å²) in [5, 5.41) is 6.72. The maximum atomic E-state index is 3.42. The minimum Gasteiger partial charge on any atom is -0.387 e. The van der Waals surface area contributed by atoms with E-state index in [1.54, 1.807) is 0 Å². The SMILES string of the molecule is CNC(/C=C(\C1=CC=CNC1)c1ccccc1)c1ccccc1. The summed E-state index contributed by atoms with van der Waals surface area (Å²) in [7, 11) is 2.00. The molecule has 1 aliphatic heterocycles. The van der Waals surface area contributed by atoms with Crippen LogP contribution in [0.2, 0.25) is 0 Å². The molecule has 23 heavy (non-hydrogen) atoms. The van der Waals surface area contributed by atoms with E-state index in [2.05, 4.69) is 89.5 Å². The lowest BCUT2D eigenvalue weighted by atomic mass is 9.93. The maximum absolute atomic E-state index is 3.42. The van der Waals surface area contributed by atoms with Crippen molar-refractivity contribution in [3.05, 3.63) is 102 Å². The van der Waals surface area contributed by atoms with Crippen molar-refractivity contribution in [2.24, 2.45) is 0 Å². The fourth-order valence-electron chi connectivity index (χ4n) is 2.82. The second-order valence-corrected chi connectivity index (χ2v) is 5.56. The molecule has 1 unspecified atom stereocenters. The minimum absolute atomic E-state index is 0.179. The van der Waals surface area contributed by atoms with Gasteiger partial charge in [-0.3, -0.25) is 0 Å². The summed E-state index contributed by atoms with van der Waals surface area (Å²) in [5.41, 5.74) is 5.08. The summed E-state index contributed by atoms with van der Waals surface area (Å²) in [6, 6.07) is 21.3. The molecule has 2 heteroatoms. The first-order chi connectivity index (χ1) is 11.4. The van der Waals surface area contributed by atoms with Crippen LogP contribution in [0.5, 0.6) is 0 Å². The smallest absolute Gasteiger partial charge is 0.0512 e. The molecule has 1 heterocycles. The number of rotatable bonds is 5. The van der Waals surface area contributed by atoms with Gasteiger partial charge in [-0.1, -0.05) is 72.8 Å². The second-order valence-electron chi connectivity index (χ2n) is 5.56. The van der Waals surface area contributed by atoms with Gasteiger partial charge in [-0.2, -0.15) is 0 Å². The predicted molar refractivity (Wildman–Crippen MR) is 97.9 cm³/mol. The normalized spacial score (nSPS) is 15.7. The van der Waals surface area contributed by atoms with Crippen LogP contribution in [-0.2, 0) is 0 Å². The Morgan fingerprint density at radius 2 is 1.74 bits per heavy atom. The zero-order chi connectivity index (χ0) is 15.9. The average Bonchev–Trinajstić information content (AvgIpc) is 2.65. The van der Waals surface area contributed by atoms with Crippen LogP contribution in [0.1, 0.15) is 17.2 Å². The van der Waals surface area contributed by atoms with Crippen LogP contribution in [0.4, 0.5) is 0 Å². The van der Waals surface area contributed by atoms with E-state index in [1.807, 2.05) is 13.2 Å². The molecular weight excluding hydrogens is 280 g/mol. The fraction of sp³-hybridized carbons (Fsp3) is 0.143. The molecule has 0 aromatic heterocycles. The van der Waals surface area contributed by atoms with Crippen LogP contribution in [0.15, 0.2) is 90.7 Å². The van der Waals surface area contributed by atoms with Crippen molar-refractivity contribution in [2.75, 3.05) is 13.6 Å². The van der Waals surface area contributed by atoms with Crippen LogP contribution in [0, 0.1) is 0 Å². The summed E-state index contributed by atoms with van der Waals surface area (Å²) < 4.78 is 0. The Kier molecular flexibility index (Phi) is 5.07. The standard InChI is InChI=1S/C21H22N2/c1-22-21(18-11-6-3-7-12-18)15-20(17-9-4-2-5-10-17)19-13-8-14-23-16-19/h2-15,21-23H,16H2,1H3/b20-15-. The van der Waals surface area contributed by atoms with Gasteiger partial charge in [0.1, 0.15) is 0 Å². The molecule has 0 saturated carbocycles. The monoisotopic (exact) mass is 302 g/mol. The van der Waals surface area contributed by atoms with Gasteiger partial charge in [0.2, 0.25) is 0 Å². The number of dihydropyridines is 1. The van der Waals surface area contributed by atoms with Crippen LogP contribution in [0.3, 0.4) is 0 Å². The van der Waals surface area contributed by atoms with E-state index in [-0.39, 0.29) is 6.04 Å². The van der Waals surface area contributed by atoms with E-state index in [9.17, 15) is 0 Å². The second kappa shape index (κ2) is 7.61. The van der Waals surface area contributed by atoms with Gasteiger partial charge in [-0.25, -0.2) is 0 Å². The van der Waals surface area contributed by atoms with Gasteiger partial charge in [0.05, 0.1) is 6.04 Å². The molecule has 1 aliphatic rings. The van der Waals surface area contributed by atoms with Gasteiger partial charge in [0.25, 0.3) is 0 Å². The Labute approximate surface area is 138 Å². The fourth-order valence-corrected chi connectivity index (χ4v) is 2.82.